The van der Waals surface area contributed by atoms with Crippen LogP contribution in [0.5, 0.6) is 11.5 Å². The van der Waals surface area contributed by atoms with Gasteiger partial charge in [-0.2, -0.15) is 0 Å². The second-order valence-electron chi connectivity index (χ2n) is 7.54. The molecule has 2 heterocycles. The number of esters is 1. The molecule has 0 spiro atoms. The molecule has 0 saturated carbocycles. The molecule has 0 N–H and O–H groups in total. The molecule has 3 rings (SSSR count). The maximum absolute atomic E-state index is 12.7. The number of Topliss-reactive ketones (excluding diaryl/α,β-unsaturated/α-hetero) is 1. The summed E-state index contributed by atoms with van der Waals surface area (Å²) in [5, 5.41) is 0. The lowest BCUT2D eigenvalue weighted by atomic mass is 10.1. The van der Waals surface area contributed by atoms with E-state index in [4.69, 9.17) is 18.9 Å². The van der Waals surface area contributed by atoms with Crippen molar-refractivity contribution in [1.29, 1.82) is 0 Å². The number of methoxy groups -OCH3 is 2. The number of benzene rings is 1. The molecule has 1 aromatic heterocycles. The molecule has 0 amide bonds. The summed E-state index contributed by atoms with van der Waals surface area (Å²) in [6.45, 7) is 6.90. The van der Waals surface area contributed by atoms with Crippen LogP contribution in [0, 0.1) is 20.8 Å². The van der Waals surface area contributed by atoms with Gasteiger partial charge in [0.15, 0.2) is 6.61 Å². The van der Waals surface area contributed by atoms with Crippen molar-refractivity contribution in [3.8, 4) is 11.5 Å². The third-order valence-corrected chi connectivity index (χ3v) is 5.61. The third kappa shape index (κ3) is 4.51. The van der Waals surface area contributed by atoms with Gasteiger partial charge in [-0.3, -0.25) is 4.79 Å². The molecule has 162 valence electrons. The average Bonchev–Trinajstić information content (AvgIpc) is 3.35. The van der Waals surface area contributed by atoms with Crippen molar-refractivity contribution in [2.45, 2.75) is 46.3 Å². The summed E-state index contributed by atoms with van der Waals surface area (Å²) in [5.74, 6) is 0.199. The molecule has 1 aliphatic rings. The second-order valence-corrected chi connectivity index (χ2v) is 7.54. The number of hydrogen-bond acceptors (Lipinski definition) is 6. The minimum atomic E-state index is -0.604. The van der Waals surface area contributed by atoms with Gasteiger partial charge in [0.25, 0.3) is 0 Å². The van der Waals surface area contributed by atoms with Crippen molar-refractivity contribution in [1.82, 2.24) is 4.57 Å². The molecule has 0 radical (unpaired) electrons. The first kappa shape index (κ1) is 21.9. The number of carbonyl (C=O) groups is 2. The quantitative estimate of drug-likeness (QED) is 0.484. The van der Waals surface area contributed by atoms with E-state index in [9.17, 15) is 9.59 Å². The number of aromatic nitrogens is 1. The number of rotatable bonds is 8. The number of ether oxygens (including phenoxy) is 4. The van der Waals surface area contributed by atoms with E-state index in [-0.39, 0.29) is 24.1 Å². The van der Waals surface area contributed by atoms with Crippen molar-refractivity contribution in [3.05, 3.63) is 46.3 Å². The highest BCUT2D eigenvalue weighted by Crippen LogP contribution is 2.30. The van der Waals surface area contributed by atoms with Crippen LogP contribution < -0.4 is 9.47 Å². The lowest BCUT2D eigenvalue weighted by molar-refractivity contribution is 0.0474. The molecule has 2 aromatic rings. The third-order valence-electron chi connectivity index (χ3n) is 5.61. The van der Waals surface area contributed by atoms with Gasteiger partial charge < -0.3 is 23.5 Å². The summed E-state index contributed by atoms with van der Waals surface area (Å²) in [4.78, 5) is 25.2. The van der Waals surface area contributed by atoms with Crippen LogP contribution in [-0.2, 0) is 16.0 Å². The minimum Gasteiger partial charge on any atom is -0.496 e. The first-order valence-corrected chi connectivity index (χ1v) is 10.1. The van der Waals surface area contributed by atoms with Gasteiger partial charge in [-0.1, -0.05) is 0 Å². The fourth-order valence-corrected chi connectivity index (χ4v) is 3.85. The Labute approximate surface area is 176 Å². The Morgan fingerprint density at radius 1 is 1.10 bits per heavy atom. The van der Waals surface area contributed by atoms with E-state index < -0.39 is 5.97 Å². The Balaban J connectivity index is 1.69. The van der Waals surface area contributed by atoms with Gasteiger partial charge >= 0.3 is 5.97 Å². The monoisotopic (exact) mass is 415 g/mol. The van der Waals surface area contributed by atoms with E-state index in [1.807, 2.05) is 26.8 Å². The summed E-state index contributed by atoms with van der Waals surface area (Å²) >= 11 is 0. The van der Waals surface area contributed by atoms with Crippen LogP contribution in [0.25, 0.3) is 0 Å². The SMILES string of the molecule is COc1cc(C(=O)OCC(=O)c2cc(C)n(C[C@H]3CCCO3)c2C)cc(OC)c1C. The van der Waals surface area contributed by atoms with Gasteiger partial charge in [0.05, 0.1) is 25.9 Å². The number of aryl methyl sites for hydroxylation is 1. The van der Waals surface area contributed by atoms with Crippen molar-refractivity contribution in [3.63, 3.8) is 0 Å². The molecule has 1 fully saturated rings. The van der Waals surface area contributed by atoms with Gasteiger partial charge in [0.2, 0.25) is 5.78 Å². The van der Waals surface area contributed by atoms with E-state index >= 15 is 0 Å². The number of hydrogen-bond donors (Lipinski definition) is 0. The Morgan fingerprint density at radius 3 is 2.33 bits per heavy atom. The Bertz CT molecular complexity index is 914. The summed E-state index contributed by atoms with van der Waals surface area (Å²) in [7, 11) is 3.04. The smallest absolute Gasteiger partial charge is 0.338 e. The molecule has 7 nitrogen and oxygen atoms in total. The standard InChI is InChI=1S/C23H29NO6/c1-14-9-19(16(3)24(14)12-18-7-6-8-29-18)20(25)13-30-23(26)17-10-21(27-4)15(2)22(11-17)28-5/h9-11,18H,6-8,12-13H2,1-5H3/t18-/m1/s1. The summed E-state index contributed by atoms with van der Waals surface area (Å²) in [6.07, 6.45) is 2.28. The maximum atomic E-state index is 12.7. The highest BCUT2D eigenvalue weighted by molar-refractivity contribution is 6.00. The predicted molar refractivity (Wildman–Crippen MR) is 112 cm³/mol. The number of ketones is 1. The fraction of sp³-hybridized carbons (Fsp3) is 0.478. The lowest BCUT2D eigenvalue weighted by Crippen LogP contribution is -2.18. The summed E-state index contributed by atoms with van der Waals surface area (Å²) in [5.41, 5.74) is 3.48. The van der Waals surface area contributed by atoms with Crippen molar-refractivity contribution in [2.75, 3.05) is 27.4 Å². The Hall–Kier alpha value is -2.80. The van der Waals surface area contributed by atoms with Gasteiger partial charge in [0, 0.05) is 35.7 Å². The molecule has 1 aromatic carbocycles. The van der Waals surface area contributed by atoms with Gasteiger partial charge in [-0.05, 0) is 51.8 Å². The molecule has 30 heavy (non-hydrogen) atoms. The first-order valence-electron chi connectivity index (χ1n) is 10.1. The number of carbonyl (C=O) groups excluding carboxylic acids is 2. The minimum absolute atomic E-state index is 0.182. The predicted octanol–water partition coefficient (Wildman–Crippen LogP) is 3.65. The highest BCUT2D eigenvalue weighted by atomic mass is 16.5. The molecular weight excluding hydrogens is 386 g/mol. The Morgan fingerprint density at radius 2 is 1.77 bits per heavy atom. The van der Waals surface area contributed by atoms with Crippen LogP contribution in [0.4, 0.5) is 0 Å². The molecule has 7 heteroatoms. The second kappa shape index (κ2) is 9.34. The van der Waals surface area contributed by atoms with Crippen LogP contribution in [-0.4, -0.2) is 49.9 Å². The number of nitrogens with zero attached hydrogens (tertiary/aromatic N) is 1. The maximum Gasteiger partial charge on any atom is 0.338 e. The van der Waals surface area contributed by atoms with E-state index in [0.29, 0.717) is 17.1 Å². The topological polar surface area (TPSA) is 76.0 Å². The highest BCUT2D eigenvalue weighted by Gasteiger charge is 2.22. The molecule has 1 aliphatic heterocycles. The van der Waals surface area contributed by atoms with Crippen LogP contribution in [0.1, 0.15) is 50.5 Å². The Kier molecular flexibility index (Phi) is 6.82. The molecular formula is C23H29NO6. The fourth-order valence-electron chi connectivity index (χ4n) is 3.85. The first-order chi connectivity index (χ1) is 14.3. The van der Waals surface area contributed by atoms with Crippen LogP contribution in [0.2, 0.25) is 0 Å². The zero-order valence-electron chi connectivity index (χ0n) is 18.2. The van der Waals surface area contributed by atoms with Crippen LogP contribution in [0.3, 0.4) is 0 Å². The summed E-state index contributed by atoms with van der Waals surface area (Å²) < 4.78 is 23.7. The largest absolute Gasteiger partial charge is 0.496 e. The van der Waals surface area contributed by atoms with Crippen molar-refractivity contribution in [2.24, 2.45) is 0 Å². The zero-order chi connectivity index (χ0) is 21.8. The normalized spacial score (nSPS) is 15.8. The van der Waals surface area contributed by atoms with E-state index in [2.05, 4.69) is 4.57 Å². The molecule has 1 atom stereocenters. The molecule has 0 unspecified atom stereocenters. The summed E-state index contributed by atoms with van der Waals surface area (Å²) in [6, 6.07) is 5.01. The van der Waals surface area contributed by atoms with E-state index in [1.165, 1.54) is 14.2 Å². The van der Waals surface area contributed by atoms with Crippen molar-refractivity contribution >= 4 is 11.8 Å². The van der Waals surface area contributed by atoms with E-state index in [1.54, 1.807) is 12.1 Å². The van der Waals surface area contributed by atoms with Crippen molar-refractivity contribution < 1.29 is 28.5 Å². The molecule has 0 bridgehead atoms. The van der Waals surface area contributed by atoms with Gasteiger partial charge in [-0.15, -0.1) is 0 Å². The average molecular weight is 415 g/mol. The van der Waals surface area contributed by atoms with Gasteiger partial charge in [0.1, 0.15) is 11.5 Å². The lowest BCUT2D eigenvalue weighted by Gasteiger charge is -2.15. The molecule has 1 saturated heterocycles. The van der Waals surface area contributed by atoms with E-state index in [0.717, 1.165) is 42.9 Å². The molecule has 0 aliphatic carbocycles. The van der Waals surface area contributed by atoms with Crippen LogP contribution >= 0.6 is 0 Å². The zero-order valence-corrected chi connectivity index (χ0v) is 18.2. The van der Waals surface area contributed by atoms with Crippen LogP contribution in [0.15, 0.2) is 18.2 Å². The van der Waals surface area contributed by atoms with Gasteiger partial charge in [-0.25, -0.2) is 4.79 Å².